The molecule has 0 radical (unpaired) electrons. The van der Waals surface area contributed by atoms with Gasteiger partial charge in [0.2, 0.25) is 0 Å². The zero-order valence-electron chi connectivity index (χ0n) is 10.0. The molecule has 2 fully saturated rings. The molecule has 2 heteroatoms. The van der Waals surface area contributed by atoms with Gasteiger partial charge in [-0.1, -0.05) is 19.3 Å². The van der Waals surface area contributed by atoms with E-state index in [-0.39, 0.29) is 0 Å². The fourth-order valence-electron chi connectivity index (χ4n) is 3.20. The molecule has 0 aromatic carbocycles. The van der Waals surface area contributed by atoms with E-state index < -0.39 is 0 Å². The van der Waals surface area contributed by atoms with E-state index in [2.05, 4.69) is 24.1 Å². The molecule has 1 nitrogen and oxygen atoms in total. The van der Waals surface area contributed by atoms with Crippen LogP contribution in [0.1, 0.15) is 51.4 Å². The molecule has 2 saturated carbocycles. The molecule has 1 N–H and O–H groups in total. The van der Waals surface area contributed by atoms with Crippen LogP contribution in [-0.4, -0.2) is 24.1 Å². The highest BCUT2D eigenvalue weighted by Crippen LogP contribution is 2.33. The van der Waals surface area contributed by atoms with Crippen LogP contribution in [0.25, 0.3) is 0 Å². The lowest BCUT2D eigenvalue weighted by Crippen LogP contribution is -2.29. The quantitative estimate of drug-likeness (QED) is 0.772. The molecule has 0 spiro atoms. The first kappa shape index (κ1) is 11.8. The molecule has 2 unspecified atom stereocenters. The maximum absolute atomic E-state index is 3.48. The van der Waals surface area contributed by atoms with Crippen molar-refractivity contribution < 1.29 is 0 Å². The molecule has 15 heavy (non-hydrogen) atoms. The number of hydrogen-bond acceptors (Lipinski definition) is 2. The molecular weight excluding hydrogens is 202 g/mol. The van der Waals surface area contributed by atoms with E-state index in [0.717, 1.165) is 17.2 Å². The highest BCUT2D eigenvalue weighted by Gasteiger charge is 2.25. The van der Waals surface area contributed by atoms with Crippen LogP contribution in [0.15, 0.2) is 0 Å². The van der Waals surface area contributed by atoms with Crippen molar-refractivity contribution in [3.05, 3.63) is 0 Å². The molecule has 0 amide bonds. The smallest absolute Gasteiger partial charge is 0.00926 e. The Morgan fingerprint density at radius 2 is 1.87 bits per heavy atom. The summed E-state index contributed by atoms with van der Waals surface area (Å²) in [5.74, 6) is 2.39. The number of hydrogen-bond donors (Lipinski definition) is 1. The Kier molecular flexibility index (Phi) is 4.83. The molecular formula is C13H25NS. The molecule has 0 heterocycles. The third-order valence-corrected chi connectivity index (χ3v) is 5.59. The Morgan fingerprint density at radius 1 is 1.07 bits per heavy atom. The van der Waals surface area contributed by atoms with Gasteiger partial charge in [0.1, 0.15) is 0 Å². The average Bonchev–Trinajstić information content (AvgIpc) is 2.88. The summed E-state index contributed by atoms with van der Waals surface area (Å²) >= 11 is 2.26. The Hall–Kier alpha value is 0.310. The van der Waals surface area contributed by atoms with Gasteiger partial charge in [0.15, 0.2) is 0 Å². The van der Waals surface area contributed by atoms with E-state index in [1.54, 1.807) is 0 Å². The van der Waals surface area contributed by atoms with Gasteiger partial charge in [-0.05, 0) is 50.8 Å². The number of rotatable bonds is 5. The van der Waals surface area contributed by atoms with Crippen LogP contribution in [0, 0.1) is 5.92 Å². The molecule has 2 aliphatic carbocycles. The van der Waals surface area contributed by atoms with E-state index >= 15 is 0 Å². The molecule has 0 aromatic rings. The predicted molar refractivity (Wildman–Crippen MR) is 69.5 cm³/mol. The molecule has 2 aliphatic rings. The predicted octanol–water partition coefficient (Wildman–Crippen LogP) is 3.44. The van der Waals surface area contributed by atoms with Crippen LogP contribution in [0.3, 0.4) is 0 Å². The van der Waals surface area contributed by atoms with Gasteiger partial charge in [0.25, 0.3) is 0 Å². The Labute approximate surface area is 98.8 Å². The van der Waals surface area contributed by atoms with Crippen molar-refractivity contribution in [1.29, 1.82) is 0 Å². The lowest BCUT2D eigenvalue weighted by Gasteiger charge is -2.19. The van der Waals surface area contributed by atoms with E-state index in [1.807, 2.05) is 0 Å². The zero-order valence-corrected chi connectivity index (χ0v) is 10.8. The summed E-state index contributed by atoms with van der Waals surface area (Å²) in [5, 5.41) is 4.50. The van der Waals surface area contributed by atoms with Crippen molar-refractivity contribution >= 4 is 11.8 Å². The largest absolute Gasteiger partial charge is 0.317 e. The van der Waals surface area contributed by atoms with Crippen molar-refractivity contribution in [3.8, 4) is 0 Å². The van der Waals surface area contributed by atoms with Crippen LogP contribution in [-0.2, 0) is 0 Å². The van der Waals surface area contributed by atoms with Crippen LogP contribution in [0.2, 0.25) is 0 Å². The summed E-state index contributed by atoms with van der Waals surface area (Å²) in [6, 6.07) is 0.828. The SMILES string of the molecule is CNC1CCCC1CCSC1CCCC1. The summed E-state index contributed by atoms with van der Waals surface area (Å²) in [5.41, 5.74) is 0. The van der Waals surface area contributed by atoms with Gasteiger partial charge in [-0.25, -0.2) is 0 Å². The van der Waals surface area contributed by atoms with Gasteiger partial charge >= 0.3 is 0 Å². The molecule has 88 valence electrons. The highest BCUT2D eigenvalue weighted by atomic mass is 32.2. The molecule has 2 atom stereocenters. The van der Waals surface area contributed by atoms with Crippen LogP contribution >= 0.6 is 11.8 Å². The molecule has 0 saturated heterocycles. The summed E-state index contributed by atoms with van der Waals surface area (Å²) in [7, 11) is 2.13. The summed E-state index contributed by atoms with van der Waals surface area (Å²) < 4.78 is 0. The Balaban J connectivity index is 1.60. The van der Waals surface area contributed by atoms with Crippen molar-refractivity contribution in [2.45, 2.75) is 62.7 Å². The number of nitrogens with one attached hydrogen (secondary N) is 1. The monoisotopic (exact) mass is 227 g/mol. The maximum Gasteiger partial charge on any atom is 0.00926 e. The van der Waals surface area contributed by atoms with E-state index in [9.17, 15) is 0 Å². The van der Waals surface area contributed by atoms with Crippen molar-refractivity contribution in [2.75, 3.05) is 12.8 Å². The van der Waals surface area contributed by atoms with Crippen molar-refractivity contribution in [1.82, 2.24) is 5.32 Å². The van der Waals surface area contributed by atoms with Crippen LogP contribution in [0.5, 0.6) is 0 Å². The summed E-state index contributed by atoms with van der Waals surface area (Å²) in [6.07, 6.45) is 11.7. The zero-order chi connectivity index (χ0) is 10.5. The van der Waals surface area contributed by atoms with Crippen LogP contribution < -0.4 is 5.32 Å². The first-order valence-electron chi connectivity index (χ1n) is 6.69. The van der Waals surface area contributed by atoms with Gasteiger partial charge in [-0.15, -0.1) is 0 Å². The first-order valence-corrected chi connectivity index (χ1v) is 7.74. The minimum Gasteiger partial charge on any atom is -0.317 e. The Morgan fingerprint density at radius 3 is 2.60 bits per heavy atom. The molecule has 0 aliphatic heterocycles. The molecule has 0 bridgehead atoms. The summed E-state index contributed by atoms with van der Waals surface area (Å²) in [4.78, 5) is 0. The van der Waals surface area contributed by atoms with Gasteiger partial charge in [-0.3, -0.25) is 0 Å². The van der Waals surface area contributed by atoms with Crippen molar-refractivity contribution in [3.63, 3.8) is 0 Å². The number of thioether (sulfide) groups is 1. The maximum atomic E-state index is 3.48. The van der Waals surface area contributed by atoms with Gasteiger partial charge in [0.05, 0.1) is 0 Å². The van der Waals surface area contributed by atoms with Gasteiger partial charge in [0, 0.05) is 11.3 Å². The second-order valence-corrected chi connectivity index (χ2v) is 6.56. The lowest BCUT2D eigenvalue weighted by molar-refractivity contribution is 0.417. The molecule has 2 rings (SSSR count). The third kappa shape index (κ3) is 3.39. The van der Waals surface area contributed by atoms with Gasteiger partial charge in [-0.2, -0.15) is 11.8 Å². The van der Waals surface area contributed by atoms with E-state index in [0.29, 0.717) is 0 Å². The first-order chi connectivity index (χ1) is 7.40. The average molecular weight is 227 g/mol. The second kappa shape index (κ2) is 6.15. The van der Waals surface area contributed by atoms with Gasteiger partial charge < -0.3 is 5.32 Å². The standard InChI is InChI=1S/C13H25NS/c1-14-13-8-4-5-11(13)9-10-15-12-6-2-3-7-12/h11-14H,2-10H2,1H3. The van der Waals surface area contributed by atoms with Crippen molar-refractivity contribution in [2.24, 2.45) is 5.92 Å². The highest BCUT2D eigenvalue weighted by molar-refractivity contribution is 7.99. The minimum atomic E-state index is 0.828. The normalized spacial score (nSPS) is 32.6. The van der Waals surface area contributed by atoms with E-state index in [4.69, 9.17) is 0 Å². The summed E-state index contributed by atoms with van der Waals surface area (Å²) in [6.45, 7) is 0. The minimum absolute atomic E-state index is 0.828. The fourth-order valence-corrected chi connectivity index (χ4v) is 4.64. The lowest BCUT2D eigenvalue weighted by atomic mass is 10.0. The van der Waals surface area contributed by atoms with E-state index in [1.165, 1.54) is 57.1 Å². The molecule has 0 aromatic heterocycles. The third-order valence-electron chi connectivity index (χ3n) is 4.17. The second-order valence-electron chi connectivity index (χ2n) is 5.15. The Bertz CT molecular complexity index is 177. The topological polar surface area (TPSA) is 12.0 Å². The van der Waals surface area contributed by atoms with Crippen LogP contribution in [0.4, 0.5) is 0 Å². The fraction of sp³-hybridized carbons (Fsp3) is 1.00.